The number of hydrogen-bond acceptors (Lipinski definition) is 4. The molecule has 4 nitrogen and oxygen atoms in total. The van der Waals surface area contributed by atoms with E-state index in [1.165, 1.54) is 38.6 Å². The minimum absolute atomic E-state index is 0.426. The SMILES string of the molecule is CCC1CNC2(CCCC2)CN1CCOCCN(C)C. The molecule has 1 atom stereocenters. The first-order chi connectivity index (χ1) is 9.65. The smallest absolute Gasteiger partial charge is 0.0594 e. The molecular formula is C16H33N3O. The fourth-order valence-electron chi connectivity index (χ4n) is 3.62. The van der Waals surface area contributed by atoms with Crippen molar-refractivity contribution in [3.05, 3.63) is 0 Å². The van der Waals surface area contributed by atoms with E-state index < -0.39 is 0 Å². The number of rotatable bonds is 7. The van der Waals surface area contributed by atoms with Crippen LogP contribution in [0.2, 0.25) is 0 Å². The van der Waals surface area contributed by atoms with Gasteiger partial charge in [0.15, 0.2) is 0 Å². The minimum atomic E-state index is 0.426. The van der Waals surface area contributed by atoms with Crippen LogP contribution in [0.5, 0.6) is 0 Å². The van der Waals surface area contributed by atoms with Gasteiger partial charge in [0.1, 0.15) is 0 Å². The summed E-state index contributed by atoms with van der Waals surface area (Å²) in [7, 11) is 4.19. The normalized spacial score (nSPS) is 26.7. The van der Waals surface area contributed by atoms with Crippen LogP contribution in [0.4, 0.5) is 0 Å². The number of nitrogens with one attached hydrogen (secondary N) is 1. The number of hydrogen-bond donors (Lipinski definition) is 1. The van der Waals surface area contributed by atoms with Crippen molar-refractivity contribution in [1.29, 1.82) is 0 Å². The molecule has 20 heavy (non-hydrogen) atoms. The van der Waals surface area contributed by atoms with E-state index in [-0.39, 0.29) is 0 Å². The molecule has 1 heterocycles. The van der Waals surface area contributed by atoms with Gasteiger partial charge in [-0.05, 0) is 33.4 Å². The van der Waals surface area contributed by atoms with Crippen LogP contribution >= 0.6 is 0 Å². The molecule has 2 fully saturated rings. The van der Waals surface area contributed by atoms with Gasteiger partial charge in [-0.2, -0.15) is 0 Å². The number of likely N-dealkylation sites (N-methyl/N-ethyl adjacent to an activating group) is 1. The Morgan fingerprint density at radius 3 is 2.65 bits per heavy atom. The Hall–Kier alpha value is -0.160. The summed E-state index contributed by atoms with van der Waals surface area (Å²) in [4.78, 5) is 4.85. The lowest BCUT2D eigenvalue weighted by Crippen LogP contribution is -2.63. The largest absolute Gasteiger partial charge is 0.379 e. The van der Waals surface area contributed by atoms with E-state index in [1.807, 2.05) is 0 Å². The van der Waals surface area contributed by atoms with Gasteiger partial charge in [0.05, 0.1) is 13.2 Å². The van der Waals surface area contributed by atoms with Gasteiger partial charge in [-0.1, -0.05) is 19.8 Å². The molecule has 0 amide bonds. The highest BCUT2D eigenvalue weighted by atomic mass is 16.5. The van der Waals surface area contributed by atoms with Crippen LogP contribution in [0.1, 0.15) is 39.0 Å². The second-order valence-electron chi connectivity index (χ2n) is 6.82. The van der Waals surface area contributed by atoms with E-state index in [2.05, 4.69) is 36.1 Å². The van der Waals surface area contributed by atoms with Gasteiger partial charge in [0, 0.05) is 37.8 Å². The van der Waals surface area contributed by atoms with Gasteiger partial charge in [0.2, 0.25) is 0 Å². The van der Waals surface area contributed by atoms with Gasteiger partial charge in [-0.25, -0.2) is 0 Å². The third-order valence-corrected chi connectivity index (χ3v) is 4.97. The number of ether oxygens (including phenoxy) is 1. The van der Waals surface area contributed by atoms with Crippen molar-refractivity contribution in [1.82, 2.24) is 15.1 Å². The average Bonchev–Trinajstić information content (AvgIpc) is 2.86. The predicted octanol–water partition coefficient (Wildman–Crippen LogP) is 1.56. The van der Waals surface area contributed by atoms with E-state index in [9.17, 15) is 0 Å². The second kappa shape index (κ2) is 7.74. The molecule has 0 bridgehead atoms. The van der Waals surface area contributed by atoms with Gasteiger partial charge in [-0.15, -0.1) is 0 Å². The van der Waals surface area contributed by atoms with E-state index in [0.717, 1.165) is 32.8 Å². The number of nitrogens with zero attached hydrogens (tertiary/aromatic N) is 2. The third-order valence-electron chi connectivity index (χ3n) is 4.97. The maximum Gasteiger partial charge on any atom is 0.0594 e. The second-order valence-corrected chi connectivity index (χ2v) is 6.82. The maximum atomic E-state index is 5.79. The predicted molar refractivity (Wildman–Crippen MR) is 84.2 cm³/mol. The Morgan fingerprint density at radius 2 is 2.00 bits per heavy atom. The highest BCUT2D eigenvalue weighted by Gasteiger charge is 2.40. The molecule has 1 saturated carbocycles. The van der Waals surface area contributed by atoms with Crippen LogP contribution in [0.15, 0.2) is 0 Å². The standard InChI is InChI=1S/C16H33N3O/c1-4-15-13-17-16(7-5-6-8-16)14-19(15)10-12-20-11-9-18(2)3/h15,17H,4-14H2,1-3H3. The first-order valence-electron chi connectivity index (χ1n) is 8.37. The maximum absolute atomic E-state index is 5.79. The summed E-state index contributed by atoms with van der Waals surface area (Å²) in [5.74, 6) is 0. The van der Waals surface area contributed by atoms with Gasteiger partial charge in [-0.3, -0.25) is 4.90 Å². The Kier molecular flexibility index (Phi) is 6.27. The van der Waals surface area contributed by atoms with Crippen LogP contribution in [-0.2, 0) is 4.74 Å². The average molecular weight is 283 g/mol. The van der Waals surface area contributed by atoms with E-state index >= 15 is 0 Å². The monoisotopic (exact) mass is 283 g/mol. The Bertz CT molecular complexity index is 277. The zero-order chi connectivity index (χ0) is 14.4. The zero-order valence-electron chi connectivity index (χ0n) is 13.7. The van der Waals surface area contributed by atoms with Crippen LogP contribution in [0, 0.1) is 0 Å². The summed E-state index contributed by atoms with van der Waals surface area (Å²) in [6.07, 6.45) is 6.76. The summed E-state index contributed by atoms with van der Waals surface area (Å²) in [6.45, 7) is 8.52. The Labute approximate surface area is 124 Å². The molecule has 4 heteroatoms. The summed E-state index contributed by atoms with van der Waals surface area (Å²) in [5, 5.41) is 3.85. The topological polar surface area (TPSA) is 27.7 Å². The molecule has 2 aliphatic rings. The molecule has 1 unspecified atom stereocenters. The van der Waals surface area contributed by atoms with E-state index in [0.29, 0.717) is 11.6 Å². The van der Waals surface area contributed by atoms with Gasteiger partial charge >= 0.3 is 0 Å². The van der Waals surface area contributed by atoms with Crippen molar-refractivity contribution in [2.24, 2.45) is 0 Å². The van der Waals surface area contributed by atoms with Gasteiger partial charge in [0.25, 0.3) is 0 Å². The summed E-state index contributed by atoms with van der Waals surface area (Å²) >= 11 is 0. The highest BCUT2D eigenvalue weighted by Crippen LogP contribution is 2.33. The summed E-state index contributed by atoms with van der Waals surface area (Å²) in [5.41, 5.74) is 0.426. The molecule has 0 aromatic rings. The Balaban J connectivity index is 1.74. The lowest BCUT2D eigenvalue weighted by atomic mass is 9.92. The molecule has 0 radical (unpaired) electrons. The van der Waals surface area contributed by atoms with Crippen molar-refractivity contribution in [3.8, 4) is 0 Å². The first kappa shape index (κ1) is 16.2. The van der Waals surface area contributed by atoms with Crippen LogP contribution in [-0.4, -0.2) is 74.9 Å². The molecule has 1 aliphatic carbocycles. The first-order valence-corrected chi connectivity index (χ1v) is 8.37. The van der Waals surface area contributed by atoms with Crippen LogP contribution in [0.3, 0.4) is 0 Å². The van der Waals surface area contributed by atoms with Crippen LogP contribution in [0.25, 0.3) is 0 Å². The van der Waals surface area contributed by atoms with Crippen molar-refractivity contribution < 1.29 is 4.74 Å². The molecular weight excluding hydrogens is 250 g/mol. The quantitative estimate of drug-likeness (QED) is 0.718. The summed E-state index contributed by atoms with van der Waals surface area (Å²) in [6, 6.07) is 0.693. The fourth-order valence-corrected chi connectivity index (χ4v) is 3.62. The number of piperazine rings is 1. The third kappa shape index (κ3) is 4.42. The lowest BCUT2D eigenvalue weighted by molar-refractivity contribution is 0.0373. The fraction of sp³-hybridized carbons (Fsp3) is 1.00. The Morgan fingerprint density at radius 1 is 1.25 bits per heavy atom. The van der Waals surface area contributed by atoms with Crippen molar-refractivity contribution in [2.75, 3.05) is 53.5 Å². The molecule has 0 aromatic carbocycles. The van der Waals surface area contributed by atoms with Crippen molar-refractivity contribution in [2.45, 2.75) is 50.6 Å². The lowest BCUT2D eigenvalue weighted by Gasteiger charge is -2.46. The molecule has 1 aliphatic heterocycles. The molecule has 118 valence electrons. The molecule has 1 saturated heterocycles. The van der Waals surface area contributed by atoms with Crippen molar-refractivity contribution in [3.63, 3.8) is 0 Å². The van der Waals surface area contributed by atoms with E-state index in [4.69, 9.17) is 4.74 Å². The van der Waals surface area contributed by atoms with Crippen LogP contribution < -0.4 is 5.32 Å². The molecule has 0 aromatic heterocycles. The summed E-state index contributed by atoms with van der Waals surface area (Å²) < 4.78 is 5.79. The highest BCUT2D eigenvalue weighted by molar-refractivity contribution is 5.00. The van der Waals surface area contributed by atoms with Crippen molar-refractivity contribution >= 4 is 0 Å². The zero-order valence-corrected chi connectivity index (χ0v) is 13.7. The minimum Gasteiger partial charge on any atom is -0.379 e. The molecule has 2 rings (SSSR count). The molecule has 1 N–H and O–H groups in total. The van der Waals surface area contributed by atoms with Gasteiger partial charge < -0.3 is 15.0 Å². The molecule has 1 spiro atoms. The van der Waals surface area contributed by atoms with E-state index in [1.54, 1.807) is 0 Å².